The Morgan fingerprint density at radius 3 is 2.74 bits per heavy atom. The molecule has 0 aliphatic rings. The fourth-order valence-electron chi connectivity index (χ4n) is 2.84. The molecular formula is C19H18N6OS. The van der Waals surface area contributed by atoms with Gasteiger partial charge in [0.05, 0.1) is 17.7 Å². The summed E-state index contributed by atoms with van der Waals surface area (Å²) in [7, 11) is 0. The first-order chi connectivity index (χ1) is 13.2. The number of carbonyl (C=O) groups is 1. The van der Waals surface area contributed by atoms with Crippen molar-refractivity contribution in [3.8, 4) is 22.6 Å². The Bertz CT molecular complexity index is 1040. The standard InChI is InChI=1S/C19H18N6OS/c1-2-25-10-8-15(23-25)18-17(14-6-4-3-5-7-14)21-13-24(18)12-16(26)22-19-20-9-11-27-19/h3-11,13H,2,12H2,1H3,(H,20,22,26). The zero-order valence-corrected chi connectivity index (χ0v) is 15.6. The number of hydrogen-bond acceptors (Lipinski definition) is 5. The Morgan fingerprint density at radius 2 is 2.04 bits per heavy atom. The predicted octanol–water partition coefficient (Wildman–Crippen LogP) is 3.53. The number of rotatable bonds is 6. The van der Waals surface area contributed by atoms with Crippen LogP contribution in [0.1, 0.15) is 6.92 Å². The van der Waals surface area contributed by atoms with Gasteiger partial charge in [0, 0.05) is 29.9 Å². The summed E-state index contributed by atoms with van der Waals surface area (Å²) in [5.74, 6) is -0.155. The van der Waals surface area contributed by atoms with Crippen molar-refractivity contribution < 1.29 is 4.79 Å². The van der Waals surface area contributed by atoms with Crippen LogP contribution in [0.3, 0.4) is 0 Å². The number of imidazole rings is 1. The number of aryl methyl sites for hydroxylation is 1. The number of nitrogens with one attached hydrogen (secondary N) is 1. The van der Waals surface area contributed by atoms with Gasteiger partial charge in [-0.3, -0.25) is 9.48 Å². The lowest BCUT2D eigenvalue weighted by Crippen LogP contribution is -2.18. The van der Waals surface area contributed by atoms with E-state index in [2.05, 4.69) is 20.4 Å². The molecule has 0 fully saturated rings. The van der Waals surface area contributed by atoms with Gasteiger partial charge in [0.1, 0.15) is 12.2 Å². The zero-order valence-electron chi connectivity index (χ0n) is 14.7. The van der Waals surface area contributed by atoms with E-state index >= 15 is 0 Å². The van der Waals surface area contributed by atoms with E-state index in [0.717, 1.165) is 29.2 Å². The summed E-state index contributed by atoms with van der Waals surface area (Å²) < 4.78 is 3.69. The van der Waals surface area contributed by atoms with Crippen molar-refractivity contribution in [2.24, 2.45) is 0 Å². The van der Waals surface area contributed by atoms with Crippen LogP contribution in [-0.2, 0) is 17.9 Å². The van der Waals surface area contributed by atoms with Crippen molar-refractivity contribution in [3.05, 3.63) is 60.5 Å². The molecule has 4 aromatic rings. The van der Waals surface area contributed by atoms with Crippen molar-refractivity contribution in [2.45, 2.75) is 20.0 Å². The molecule has 136 valence electrons. The molecule has 4 rings (SSSR count). The van der Waals surface area contributed by atoms with Crippen LogP contribution in [0.25, 0.3) is 22.6 Å². The highest BCUT2D eigenvalue weighted by Gasteiger charge is 2.19. The zero-order chi connectivity index (χ0) is 18.6. The summed E-state index contributed by atoms with van der Waals surface area (Å²) in [5.41, 5.74) is 3.40. The molecule has 0 unspecified atom stereocenters. The van der Waals surface area contributed by atoms with Crippen LogP contribution in [0.5, 0.6) is 0 Å². The third kappa shape index (κ3) is 3.65. The van der Waals surface area contributed by atoms with Crippen LogP contribution in [-0.4, -0.2) is 30.2 Å². The fraction of sp³-hybridized carbons (Fsp3) is 0.158. The van der Waals surface area contributed by atoms with Crippen molar-refractivity contribution in [3.63, 3.8) is 0 Å². The lowest BCUT2D eigenvalue weighted by Gasteiger charge is -2.08. The van der Waals surface area contributed by atoms with Gasteiger partial charge in [0.25, 0.3) is 0 Å². The first-order valence-corrected chi connectivity index (χ1v) is 9.46. The highest BCUT2D eigenvalue weighted by atomic mass is 32.1. The van der Waals surface area contributed by atoms with Gasteiger partial charge in [-0.15, -0.1) is 11.3 Å². The number of amides is 1. The number of thiazole rings is 1. The van der Waals surface area contributed by atoms with Crippen LogP contribution in [0.15, 0.2) is 60.5 Å². The number of anilines is 1. The Balaban J connectivity index is 1.70. The number of benzene rings is 1. The average molecular weight is 378 g/mol. The molecule has 1 aromatic carbocycles. The summed E-state index contributed by atoms with van der Waals surface area (Å²) in [6.07, 6.45) is 5.27. The Labute approximate surface area is 160 Å². The molecule has 3 aromatic heterocycles. The normalized spacial score (nSPS) is 10.9. The smallest absolute Gasteiger partial charge is 0.246 e. The molecule has 0 saturated heterocycles. The summed E-state index contributed by atoms with van der Waals surface area (Å²) in [4.78, 5) is 21.1. The molecule has 27 heavy (non-hydrogen) atoms. The van der Waals surface area contributed by atoms with Crippen LogP contribution in [0, 0.1) is 0 Å². The van der Waals surface area contributed by atoms with Crippen molar-refractivity contribution in [1.82, 2.24) is 24.3 Å². The fourth-order valence-corrected chi connectivity index (χ4v) is 3.39. The summed E-state index contributed by atoms with van der Waals surface area (Å²) in [6.45, 7) is 2.95. The van der Waals surface area contributed by atoms with Gasteiger partial charge in [-0.25, -0.2) is 9.97 Å². The minimum Gasteiger partial charge on any atom is -0.319 e. The number of nitrogens with zero attached hydrogens (tertiary/aromatic N) is 5. The van der Waals surface area contributed by atoms with E-state index in [4.69, 9.17) is 0 Å². The third-order valence-electron chi connectivity index (χ3n) is 4.08. The van der Waals surface area contributed by atoms with Crippen LogP contribution in [0.2, 0.25) is 0 Å². The Kier molecular flexibility index (Phi) is 4.80. The maximum Gasteiger partial charge on any atom is 0.246 e. The van der Waals surface area contributed by atoms with E-state index in [9.17, 15) is 4.79 Å². The van der Waals surface area contributed by atoms with Crippen molar-refractivity contribution >= 4 is 22.4 Å². The van der Waals surface area contributed by atoms with Gasteiger partial charge in [-0.05, 0) is 13.0 Å². The van der Waals surface area contributed by atoms with E-state index in [1.807, 2.05) is 64.1 Å². The molecule has 0 radical (unpaired) electrons. The van der Waals surface area contributed by atoms with E-state index in [1.165, 1.54) is 11.3 Å². The summed E-state index contributed by atoms with van der Waals surface area (Å²) >= 11 is 1.39. The first-order valence-electron chi connectivity index (χ1n) is 8.58. The van der Waals surface area contributed by atoms with Gasteiger partial charge in [0.15, 0.2) is 5.13 Å². The summed E-state index contributed by atoms with van der Waals surface area (Å²) in [6, 6.07) is 11.9. The molecule has 0 aliphatic carbocycles. The SMILES string of the molecule is CCn1ccc(-c2c(-c3ccccc3)ncn2CC(=O)Nc2nccs2)n1. The quantitative estimate of drug-likeness (QED) is 0.557. The Morgan fingerprint density at radius 1 is 1.19 bits per heavy atom. The Hall–Kier alpha value is -3.26. The molecule has 1 amide bonds. The van der Waals surface area contributed by atoms with Gasteiger partial charge < -0.3 is 9.88 Å². The third-order valence-corrected chi connectivity index (χ3v) is 4.77. The predicted molar refractivity (Wildman–Crippen MR) is 105 cm³/mol. The van der Waals surface area contributed by atoms with E-state index in [-0.39, 0.29) is 12.5 Å². The highest BCUT2D eigenvalue weighted by molar-refractivity contribution is 7.13. The van der Waals surface area contributed by atoms with E-state index < -0.39 is 0 Å². The molecule has 8 heteroatoms. The van der Waals surface area contributed by atoms with Crippen molar-refractivity contribution in [1.29, 1.82) is 0 Å². The lowest BCUT2D eigenvalue weighted by atomic mass is 10.1. The van der Waals surface area contributed by atoms with Gasteiger partial charge >= 0.3 is 0 Å². The molecule has 0 spiro atoms. The van der Waals surface area contributed by atoms with Gasteiger partial charge in [-0.2, -0.15) is 5.10 Å². The molecule has 0 aliphatic heterocycles. The van der Waals surface area contributed by atoms with Gasteiger partial charge in [-0.1, -0.05) is 30.3 Å². The molecule has 7 nitrogen and oxygen atoms in total. The average Bonchev–Trinajstić information content (AvgIpc) is 3.42. The van der Waals surface area contributed by atoms with Crippen LogP contribution < -0.4 is 5.32 Å². The van der Waals surface area contributed by atoms with Crippen LogP contribution in [0.4, 0.5) is 5.13 Å². The second-order valence-electron chi connectivity index (χ2n) is 5.88. The van der Waals surface area contributed by atoms with Crippen molar-refractivity contribution in [2.75, 3.05) is 5.32 Å². The maximum atomic E-state index is 12.5. The molecule has 1 N–H and O–H groups in total. The highest BCUT2D eigenvalue weighted by Crippen LogP contribution is 2.30. The summed E-state index contributed by atoms with van der Waals surface area (Å²) in [5, 5.41) is 9.83. The molecular weight excluding hydrogens is 360 g/mol. The minimum atomic E-state index is -0.155. The minimum absolute atomic E-state index is 0.133. The largest absolute Gasteiger partial charge is 0.319 e. The second kappa shape index (κ2) is 7.55. The molecule has 0 atom stereocenters. The topological polar surface area (TPSA) is 77.6 Å². The maximum absolute atomic E-state index is 12.5. The van der Waals surface area contributed by atoms with Crippen LogP contribution >= 0.6 is 11.3 Å². The van der Waals surface area contributed by atoms with Gasteiger partial charge in [0.2, 0.25) is 5.91 Å². The number of aromatic nitrogens is 5. The van der Waals surface area contributed by atoms with E-state index in [0.29, 0.717) is 5.13 Å². The first kappa shape index (κ1) is 17.2. The molecule has 3 heterocycles. The molecule has 0 bridgehead atoms. The number of hydrogen-bond donors (Lipinski definition) is 1. The lowest BCUT2D eigenvalue weighted by molar-refractivity contribution is -0.116. The van der Waals surface area contributed by atoms with E-state index in [1.54, 1.807) is 12.5 Å². The monoisotopic (exact) mass is 378 g/mol. The molecule has 0 saturated carbocycles. The number of carbonyl (C=O) groups excluding carboxylic acids is 1. The second-order valence-corrected chi connectivity index (χ2v) is 6.77.